The zero-order valence-electron chi connectivity index (χ0n) is 12.7. The van der Waals surface area contributed by atoms with Crippen molar-refractivity contribution in [3.05, 3.63) is 24.3 Å². The molecule has 0 amide bonds. The van der Waals surface area contributed by atoms with Gasteiger partial charge in [-0.3, -0.25) is 0 Å². The fraction of sp³-hybridized carbons (Fsp3) is 0.647. The smallest absolute Gasteiger partial charge is 0.0387 e. The number of thioether (sulfide) groups is 1. The molecule has 1 aliphatic carbocycles. The predicted molar refractivity (Wildman–Crippen MR) is 88.8 cm³/mol. The molecule has 1 saturated heterocycles. The second kappa shape index (κ2) is 5.98. The minimum atomic E-state index is 0.378. The fourth-order valence-electron chi connectivity index (χ4n) is 3.70. The minimum Gasteiger partial charge on any atom is -0.366 e. The molecule has 2 nitrogen and oxygen atoms in total. The average molecular weight is 290 g/mol. The molecule has 1 aromatic carbocycles. The summed E-state index contributed by atoms with van der Waals surface area (Å²) in [5.41, 5.74) is 1.77. The molecular weight excluding hydrogens is 264 g/mol. The molecule has 3 heteroatoms. The van der Waals surface area contributed by atoms with E-state index >= 15 is 0 Å². The lowest BCUT2D eigenvalue weighted by molar-refractivity contribution is 0.200. The fourth-order valence-corrected chi connectivity index (χ4v) is 4.10. The average Bonchev–Trinajstić information content (AvgIpc) is 2.51. The molecule has 1 atom stereocenters. The Labute approximate surface area is 127 Å². The first-order valence-electron chi connectivity index (χ1n) is 7.88. The van der Waals surface area contributed by atoms with Crippen molar-refractivity contribution >= 4 is 17.4 Å². The van der Waals surface area contributed by atoms with Gasteiger partial charge in [0.15, 0.2) is 0 Å². The summed E-state index contributed by atoms with van der Waals surface area (Å²) in [6.07, 6.45) is 9.03. The number of piperazine rings is 1. The van der Waals surface area contributed by atoms with Crippen molar-refractivity contribution in [1.29, 1.82) is 0 Å². The monoisotopic (exact) mass is 290 g/mol. The molecule has 20 heavy (non-hydrogen) atoms. The molecule has 110 valence electrons. The standard InChI is InChI=1S/C17H26N2S/c1-14-12-18-17(10-4-3-5-11-17)13-19(14)15-6-8-16(20-2)9-7-15/h6-9,14,18H,3-5,10-13H2,1-2H3. The number of anilines is 1. The van der Waals surface area contributed by atoms with Gasteiger partial charge >= 0.3 is 0 Å². The van der Waals surface area contributed by atoms with Gasteiger partial charge in [0.1, 0.15) is 0 Å². The maximum atomic E-state index is 3.86. The van der Waals surface area contributed by atoms with Crippen LogP contribution in [0.15, 0.2) is 29.2 Å². The van der Waals surface area contributed by atoms with E-state index in [4.69, 9.17) is 0 Å². The molecule has 1 spiro atoms. The van der Waals surface area contributed by atoms with E-state index in [0.29, 0.717) is 11.6 Å². The molecule has 0 radical (unpaired) electrons. The Balaban J connectivity index is 1.78. The van der Waals surface area contributed by atoms with E-state index in [-0.39, 0.29) is 0 Å². The van der Waals surface area contributed by atoms with Crippen molar-refractivity contribution in [2.24, 2.45) is 0 Å². The van der Waals surface area contributed by atoms with Crippen LogP contribution in [0.25, 0.3) is 0 Å². The van der Waals surface area contributed by atoms with Crippen LogP contribution in [0.1, 0.15) is 39.0 Å². The molecule has 1 saturated carbocycles. The molecule has 1 N–H and O–H groups in total. The minimum absolute atomic E-state index is 0.378. The molecule has 0 bridgehead atoms. The second-order valence-corrected chi connectivity index (χ2v) is 7.28. The van der Waals surface area contributed by atoms with Crippen LogP contribution in [0.5, 0.6) is 0 Å². The van der Waals surface area contributed by atoms with Crippen molar-refractivity contribution in [3.63, 3.8) is 0 Å². The molecule has 0 aromatic heterocycles. The number of hydrogen-bond donors (Lipinski definition) is 1. The normalized spacial score (nSPS) is 25.9. The molecular formula is C17H26N2S. The Morgan fingerprint density at radius 2 is 1.85 bits per heavy atom. The summed E-state index contributed by atoms with van der Waals surface area (Å²) in [6, 6.07) is 9.68. The van der Waals surface area contributed by atoms with Crippen LogP contribution < -0.4 is 10.2 Å². The second-order valence-electron chi connectivity index (χ2n) is 6.40. The Morgan fingerprint density at radius 3 is 2.50 bits per heavy atom. The Bertz CT molecular complexity index is 437. The summed E-state index contributed by atoms with van der Waals surface area (Å²) in [6.45, 7) is 4.63. The van der Waals surface area contributed by atoms with Gasteiger partial charge in [0.05, 0.1) is 0 Å². The van der Waals surface area contributed by atoms with Crippen molar-refractivity contribution in [2.45, 2.75) is 55.5 Å². The maximum absolute atomic E-state index is 3.86. The highest BCUT2D eigenvalue weighted by Crippen LogP contribution is 2.34. The summed E-state index contributed by atoms with van der Waals surface area (Å²) in [5.74, 6) is 0. The lowest BCUT2D eigenvalue weighted by Gasteiger charge is -2.50. The molecule has 1 unspecified atom stereocenters. The number of nitrogens with zero attached hydrogens (tertiary/aromatic N) is 1. The molecule has 2 aliphatic rings. The van der Waals surface area contributed by atoms with Gasteiger partial charge in [-0.2, -0.15) is 0 Å². The van der Waals surface area contributed by atoms with Gasteiger partial charge in [0, 0.05) is 35.3 Å². The maximum Gasteiger partial charge on any atom is 0.0387 e. The Hall–Kier alpha value is -0.670. The number of benzene rings is 1. The van der Waals surface area contributed by atoms with E-state index < -0.39 is 0 Å². The van der Waals surface area contributed by atoms with E-state index in [1.165, 1.54) is 49.2 Å². The first kappa shape index (κ1) is 14.3. The van der Waals surface area contributed by atoms with Crippen LogP contribution in [0, 0.1) is 0 Å². The lowest BCUT2D eigenvalue weighted by Crippen LogP contribution is -2.64. The predicted octanol–water partition coefficient (Wildman–Crippen LogP) is 3.91. The van der Waals surface area contributed by atoms with Gasteiger partial charge in [-0.05, 0) is 50.3 Å². The highest BCUT2D eigenvalue weighted by atomic mass is 32.2. The first-order chi connectivity index (χ1) is 9.72. The highest BCUT2D eigenvalue weighted by Gasteiger charge is 2.38. The summed E-state index contributed by atoms with van der Waals surface area (Å²) < 4.78 is 0. The number of rotatable bonds is 2. The first-order valence-corrected chi connectivity index (χ1v) is 9.11. The van der Waals surface area contributed by atoms with Crippen LogP contribution >= 0.6 is 11.8 Å². The van der Waals surface area contributed by atoms with E-state index in [1.54, 1.807) is 0 Å². The van der Waals surface area contributed by atoms with Crippen molar-refractivity contribution in [3.8, 4) is 0 Å². The van der Waals surface area contributed by atoms with E-state index in [0.717, 1.165) is 6.54 Å². The summed E-state index contributed by atoms with van der Waals surface area (Å²) >= 11 is 1.82. The summed E-state index contributed by atoms with van der Waals surface area (Å²) in [7, 11) is 0. The molecule has 2 fully saturated rings. The van der Waals surface area contributed by atoms with Gasteiger partial charge < -0.3 is 10.2 Å². The van der Waals surface area contributed by atoms with E-state index in [9.17, 15) is 0 Å². The third kappa shape index (κ3) is 2.84. The molecule has 3 rings (SSSR count). The SMILES string of the molecule is CSc1ccc(N2CC3(CCCCC3)NCC2C)cc1. The van der Waals surface area contributed by atoms with Crippen LogP contribution in [0.3, 0.4) is 0 Å². The summed E-state index contributed by atoms with van der Waals surface area (Å²) in [4.78, 5) is 3.97. The zero-order chi connectivity index (χ0) is 14.0. The lowest BCUT2D eigenvalue weighted by atomic mass is 9.79. The Kier molecular flexibility index (Phi) is 4.27. The molecule has 1 aliphatic heterocycles. The van der Waals surface area contributed by atoms with E-state index in [2.05, 4.69) is 47.7 Å². The quantitative estimate of drug-likeness (QED) is 0.831. The third-order valence-corrected chi connectivity index (χ3v) is 5.74. The topological polar surface area (TPSA) is 15.3 Å². The van der Waals surface area contributed by atoms with E-state index in [1.807, 2.05) is 11.8 Å². The van der Waals surface area contributed by atoms with Crippen molar-refractivity contribution in [1.82, 2.24) is 5.32 Å². The van der Waals surface area contributed by atoms with Gasteiger partial charge in [0.2, 0.25) is 0 Å². The van der Waals surface area contributed by atoms with Crippen LogP contribution in [-0.4, -0.2) is 30.9 Å². The third-order valence-electron chi connectivity index (χ3n) is 4.99. The Morgan fingerprint density at radius 1 is 1.15 bits per heavy atom. The summed E-state index contributed by atoms with van der Waals surface area (Å²) in [5, 5.41) is 3.86. The van der Waals surface area contributed by atoms with Crippen LogP contribution in [0.2, 0.25) is 0 Å². The van der Waals surface area contributed by atoms with Crippen molar-refractivity contribution in [2.75, 3.05) is 24.2 Å². The zero-order valence-corrected chi connectivity index (χ0v) is 13.5. The largest absolute Gasteiger partial charge is 0.366 e. The van der Waals surface area contributed by atoms with Crippen molar-refractivity contribution < 1.29 is 0 Å². The van der Waals surface area contributed by atoms with Gasteiger partial charge in [-0.25, -0.2) is 0 Å². The van der Waals surface area contributed by atoms with Crippen LogP contribution in [0.4, 0.5) is 5.69 Å². The van der Waals surface area contributed by atoms with Crippen LogP contribution in [-0.2, 0) is 0 Å². The molecule has 1 aromatic rings. The van der Waals surface area contributed by atoms with Gasteiger partial charge in [-0.1, -0.05) is 19.3 Å². The number of nitrogens with one attached hydrogen (secondary N) is 1. The number of hydrogen-bond acceptors (Lipinski definition) is 3. The van der Waals surface area contributed by atoms with Gasteiger partial charge in [0.25, 0.3) is 0 Å². The van der Waals surface area contributed by atoms with Gasteiger partial charge in [-0.15, -0.1) is 11.8 Å². The highest BCUT2D eigenvalue weighted by molar-refractivity contribution is 7.98. The molecule has 1 heterocycles.